The molecule has 22 heavy (non-hydrogen) atoms. The van der Waals surface area contributed by atoms with Crippen molar-refractivity contribution in [3.8, 4) is 12.3 Å². The molecule has 2 aromatic rings. The number of para-hydroxylation sites is 1. The standard InChI is InChI=1S/C17H17N3OS/c1-2-14-10-13(19-17(21)16-11-22-12-18-16)8-9-20(14)15-6-4-3-5-7-15/h1,3-7,11-14H,8-10H2,(H,19,21). The molecule has 2 heterocycles. The Morgan fingerprint density at radius 2 is 2.23 bits per heavy atom. The minimum Gasteiger partial charge on any atom is -0.358 e. The Morgan fingerprint density at radius 1 is 1.41 bits per heavy atom. The molecule has 2 unspecified atom stereocenters. The van der Waals surface area contributed by atoms with E-state index in [1.54, 1.807) is 10.9 Å². The van der Waals surface area contributed by atoms with E-state index in [1.165, 1.54) is 11.3 Å². The van der Waals surface area contributed by atoms with Gasteiger partial charge in [0.15, 0.2) is 0 Å². The molecule has 3 rings (SSSR count). The Kier molecular flexibility index (Phi) is 4.40. The molecule has 1 aromatic heterocycles. The summed E-state index contributed by atoms with van der Waals surface area (Å²) >= 11 is 1.42. The first kappa shape index (κ1) is 14.6. The fourth-order valence-electron chi connectivity index (χ4n) is 2.77. The van der Waals surface area contributed by atoms with Crippen LogP contribution in [0.15, 0.2) is 41.2 Å². The van der Waals surface area contributed by atoms with Gasteiger partial charge in [-0.3, -0.25) is 4.79 Å². The highest BCUT2D eigenvalue weighted by Gasteiger charge is 2.28. The number of nitrogens with one attached hydrogen (secondary N) is 1. The van der Waals surface area contributed by atoms with Crippen LogP contribution in [0.1, 0.15) is 23.3 Å². The van der Waals surface area contributed by atoms with Crippen LogP contribution in [-0.4, -0.2) is 29.5 Å². The van der Waals surface area contributed by atoms with Crippen LogP contribution in [-0.2, 0) is 0 Å². The van der Waals surface area contributed by atoms with Gasteiger partial charge in [-0.25, -0.2) is 4.98 Å². The van der Waals surface area contributed by atoms with Gasteiger partial charge in [-0.15, -0.1) is 17.8 Å². The van der Waals surface area contributed by atoms with Crippen LogP contribution in [0.5, 0.6) is 0 Å². The molecule has 0 aliphatic carbocycles. The summed E-state index contributed by atoms with van der Waals surface area (Å²) in [5, 5.41) is 4.80. The Morgan fingerprint density at radius 3 is 2.91 bits per heavy atom. The molecule has 0 bridgehead atoms. The normalized spacial score (nSPS) is 21.1. The van der Waals surface area contributed by atoms with Crippen molar-refractivity contribution in [3.05, 3.63) is 46.9 Å². The van der Waals surface area contributed by atoms with Gasteiger partial charge in [0.25, 0.3) is 5.91 Å². The Bertz CT molecular complexity index is 663. The number of nitrogens with zero attached hydrogens (tertiary/aromatic N) is 2. The van der Waals surface area contributed by atoms with Crippen molar-refractivity contribution in [1.82, 2.24) is 10.3 Å². The van der Waals surface area contributed by atoms with Crippen molar-refractivity contribution >= 4 is 22.9 Å². The predicted molar refractivity (Wildman–Crippen MR) is 89.0 cm³/mol. The maximum absolute atomic E-state index is 12.1. The zero-order valence-corrected chi connectivity index (χ0v) is 12.9. The van der Waals surface area contributed by atoms with Gasteiger partial charge in [-0.2, -0.15) is 0 Å². The fourth-order valence-corrected chi connectivity index (χ4v) is 3.30. The maximum atomic E-state index is 12.1. The average Bonchev–Trinajstić information content (AvgIpc) is 3.10. The molecule has 1 aromatic carbocycles. The summed E-state index contributed by atoms with van der Waals surface area (Å²) in [5.74, 6) is 2.74. The number of thiazole rings is 1. The molecule has 0 saturated carbocycles. The minimum absolute atomic E-state index is 0.00289. The second kappa shape index (κ2) is 6.63. The van der Waals surface area contributed by atoms with E-state index >= 15 is 0 Å². The van der Waals surface area contributed by atoms with Crippen LogP contribution in [0.3, 0.4) is 0 Å². The van der Waals surface area contributed by atoms with Crippen molar-refractivity contribution < 1.29 is 4.79 Å². The van der Waals surface area contributed by atoms with E-state index in [9.17, 15) is 4.79 Å². The average molecular weight is 311 g/mol. The number of piperidine rings is 1. The third kappa shape index (κ3) is 3.12. The van der Waals surface area contributed by atoms with E-state index in [4.69, 9.17) is 6.42 Å². The van der Waals surface area contributed by atoms with Crippen LogP contribution < -0.4 is 10.2 Å². The van der Waals surface area contributed by atoms with Crippen molar-refractivity contribution in [2.24, 2.45) is 0 Å². The number of anilines is 1. The number of rotatable bonds is 3. The first-order chi connectivity index (χ1) is 10.8. The molecule has 1 saturated heterocycles. The second-order valence-corrected chi connectivity index (χ2v) is 6.00. The van der Waals surface area contributed by atoms with E-state index < -0.39 is 0 Å². The molecule has 0 spiro atoms. The first-order valence-electron chi connectivity index (χ1n) is 7.25. The number of hydrogen-bond donors (Lipinski definition) is 1. The Balaban J connectivity index is 1.65. The summed E-state index contributed by atoms with van der Waals surface area (Å²) in [4.78, 5) is 18.4. The van der Waals surface area contributed by atoms with Gasteiger partial charge in [-0.05, 0) is 25.0 Å². The van der Waals surface area contributed by atoms with Crippen LogP contribution in [0.2, 0.25) is 0 Å². The molecule has 4 nitrogen and oxygen atoms in total. The summed E-state index contributed by atoms with van der Waals surface area (Å²) < 4.78 is 0. The lowest BCUT2D eigenvalue weighted by atomic mass is 9.96. The first-order valence-corrected chi connectivity index (χ1v) is 8.19. The van der Waals surface area contributed by atoms with Gasteiger partial charge in [0.05, 0.1) is 11.6 Å². The summed E-state index contributed by atoms with van der Waals surface area (Å²) in [6.45, 7) is 0.834. The highest BCUT2D eigenvalue weighted by Crippen LogP contribution is 2.24. The van der Waals surface area contributed by atoms with Crippen LogP contribution in [0, 0.1) is 12.3 Å². The fraction of sp³-hybridized carbons (Fsp3) is 0.294. The zero-order valence-electron chi connectivity index (χ0n) is 12.1. The third-order valence-corrected chi connectivity index (χ3v) is 4.47. The van der Waals surface area contributed by atoms with Crippen LogP contribution >= 0.6 is 11.3 Å². The van der Waals surface area contributed by atoms with Crippen molar-refractivity contribution in [2.45, 2.75) is 24.9 Å². The maximum Gasteiger partial charge on any atom is 0.270 e. The number of benzene rings is 1. The summed E-state index contributed by atoms with van der Waals surface area (Å²) in [6.07, 6.45) is 7.33. The van der Waals surface area contributed by atoms with E-state index in [-0.39, 0.29) is 18.0 Å². The molecular weight excluding hydrogens is 294 g/mol. The third-order valence-electron chi connectivity index (χ3n) is 3.88. The zero-order chi connectivity index (χ0) is 15.4. The van der Waals surface area contributed by atoms with Crippen molar-refractivity contribution in [2.75, 3.05) is 11.4 Å². The molecule has 2 atom stereocenters. The van der Waals surface area contributed by atoms with E-state index in [0.29, 0.717) is 5.69 Å². The van der Waals surface area contributed by atoms with Gasteiger partial charge >= 0.3 is 0 Å². The number of aromatic nitrogens is 1. The lowest BCUT2D eigenvalue weighted by molar-refractivity contribution is 0.0925. The smallest absolute Gasteiger partial charge is 0.270 e. The van der Waals surface area contributed by atoms with Gasteiger partial charge < -0.3 is 10.2 Å². The number of hydrogen-bond acceptors (Lipinski definition) is 4. The lowest BCUT2D eigenvalue weighted by Crippen LogP contribution is -2.49. The second-order valence-electron chi connectivity index (χ2n) is 5.28. The molecular formula is C17H17N3OS. The monoisotopic (exact) mass is 311 g/mol. The topological polar surface area (TPSA) is 45.2 Å². The molecule has 1 N–H and O–H groups in total. The van der Waals surface area contributed by atoms with E-state index in [0.717, 1.165) is 25.1 Å². The van der Waals surface area contributed by atoms with E-state index in [2.05, 4.69) is 33.3 Å². The Labute approximate surface area is 134 Å². The van der Waals surface area contributed by atoms with Gasteiger partial charge in [0.2, 0.25) is 0 Å². The minimum atomic E-state index is -0.116. The SMILES string of the molecule is C#CC1CC(NC(=O)c2cscn2)CCN1c1ccccc1. The largest absolute Gasteiger partial charge is 0.358 e. The molecule has 1 aliphatic rings. The quantitative estimate of drug-likeness (QED) is 0.886. The number of terminal acetylenes is 1. The number of carbonyl (C=O) groups excluding carboxylic acids is 1. The molecule has 1 fully saturated rings. The van der Waals surface area contributed by atoms with Crippen LogP contribution in [0.4, 0.5) is 5.69 Å². The predicted octanol–water partition coefficient (Wildman–Crippen LogP) is 2.54. The van der Waals surface area contributed by atoms with Crippen molar-refractivity contribution in [3.63, 3.8) is 0 Å². The molecule has 5 heteroatoms. The molecule has 0 radical (unpaired) electrons. The summed E-state index contributed by atoms with van der Waals surface area (Å²) in [6, 6.07) is 10.2. The van der Waals surface area contributed by atoms with Gasteiger partial charge in [0.1, 0.15) is 5.69 Å². The lowest BCUT2D eigenvalue weighted by Gasteiger charge is -2.38. The van der Waals surface area contributed by atoms with Crippen LogP contribution in [0.25, 0.3) is 0 Å². The van der Waals surface area contributed by atoms with Crippen molar-refractivity contribution in [1.29, 1.82) is 0 Å². The highest BCUT2D eigenvalue weighted by atomic mass is 32.1. The van der Waals surface area contributed by atoms with Gasteiger partial charge in [-0.1, -0.05) is 24.1 Å². The summed E-state index contributed by atoms with van der Waals surface area (Å²) in [7, 11) is 0. The number of carbonyl (C=O) groups is 1. The summed E-state index contributed by atoms with van der Waals surface area (Å²) in [5.41, 5.74) is 3.28. The highest BCUT2D eigenvalue weighted by molar-refractivity contribution is 7.07. The molecule has 1 aliphatic heterocycles. The molecule has 1 amide bonds. The molecule has 112 valence electrons. The van der Waals surface area contributed by atoms with Gasteiger partial charge in [0, 0.05) is 23.7 Å². The Hall–Kier alpha value is -2.32. The van der Waals surface area contributed by atoms with E-state index in [1.807, 2.05) is 18.2 Å². The number of amides is 1.